The molecule has 1 N–H and O–H groups in total. The standard InChI is InChI=1S/C12H22N2/c1-14-11-6-3-2-5-10(11)13-9-12(14)7-4-8-12/h10-11,13H,2-9H2,1H3/t10-,11?/m0/s1. The number of nitrogens with one attached hydrogen (secondary N) is 1. The molecule has 1 heterocycles. The third kappa shape index (κ3) is 1.17. The Morgan fingerprint density at radius 3 is 2.64 bits per heavy atom. The van der Waals surface area contributed by atoms with Gasteiger partial charge in [-0.1, -0.05) is 12.8 Å². The molecule has 1 aliphatic heterocycles. The summed E-state index contributed by atoms with van der Waals surface area (Å²) >= 11 is 0. The Kier molecular flexibility index (Phi) is 2.10. The first-order valence-corrected chi connectivity index (χ1v) is 6.28. The second-order valence-electron chi connectivity index (χ2n) is 5.53. The van der Waals surface area contributed by atoms with Gasteiger partial charge in [-0.15, -0.1) is 0 Å². The van der Waals surface area contributed by atoms with Gasteiger partial charge in [0.15, 0.2) is 0 Å². The maximum atomic E-state index is 3.80. The van der Waals surface area contributed by atoms with Crippen LogP contribution in [0.25, 0.3) is 0 Å². The lowest BCUT2D eigenvalue weighted by Crippen LogP contribution is -2.70. The van der Waals surface area contributed by atoms with Crippen LogP contribution in [0.1, 0.15) is 44.9 Å². The second-order valence-corrected chi connectivity index (χ2v) is 5.53. The summed E-state index contributed by atoms with van der Waals surface area (Å²) in [6.07, 6.45) is 10.0. The normalized spacial score (nSPS) is 41.8. The van der Waals surface area contributed by atoms with Crippen LogP contribution in [0.2, 0.25) is 0 Å². The number of nitrogens with zero attached hydrogens (tertiary/aromatic N) is 1. The Hall–Kier alpha value is -0.0800. The van der Waals surface area contributed by atoms with Crippen molar-refractivity contribution in [3.05, 3.63) is 0 Å². The van der Waals surface area contributed by atoms with Crippen LogP contribution < -0.4 is 5.32 Å². The van der Waals surface area contributed by atoms with Crippen LogP contribution in [0, 0.1) is 0 Å². The van der Waals surface area contributed by atoms with Crippen molar-refractivity contribution in [2.45, 2.75) is 62.6 Å². The molecule has 80 valence electrons. The largest absolute Gasteiger partial charge is 0.311 e. The number of likely N-dealkylation sites (N-methyl/N-ethyl adjacent to an activating group) is 1. The van der Waals surface area contributed by atoms with Crippen LogP contribution in [-0.2, 0) is 0 Å². The summed E-state index contributed by atoms with van der Waals surface area (Å²) < 4.78 is 0. The molecule has 2 saturated carbocycles. The molecule has 2 heteroatoms. The minimum absolute atomic E-state index is 0.568. The highest BCUT2D eigenvalue weighted by molar-refractivity contribution is 5.07. The first-order chi connectivity index (χ1) is 6.82. The lowest BCUT2D eigenvalue weighted by atomic mass is 9.71. The third-order valence-corrected chi connectivity index (χ3v) is 4.95. The quantitative estimate of drug-likeness (QED) is 0.632. The zero-order chi connectivity index (χ0) is 9.60. The highest BCUT2D eigenvalue weighted by Crippen LogP contribution is 2.42. The van der Waals surface area contributed by atoms with Crippen molar-refractivity contribution in [1.29, 1.82) is 0 Å². The average molecular weight is 194 g/mol. The van der Waals surface area contributed by atoms with Crippen molar-refractivity contribution < 1.29 is 0 Å². The Labute approximate surface area is 87.0 Å². The molecular weight excluding hydrogens is 172 g/mol. The molecule has 0 aromatic rings. The Morgan fingerprint density at radius 1 is 1.14 bits per heavy atom. The topological polar surface area (TPSA) is 15.3 Å². The SMILES string of the molecule is CN1C2CCCC[C@@H]2NCC12CCC2. The van der Waals surface area contributed by atoms with E-state index >= 15 is 0 Å². The highest BCUT2D eigenvalue weighted by Gasteiger charge is 2.48. The molecule has 2 atom stereocenters. The Balaban J connectivity index is 1.77. The zero-order valence-corrected chi connectivity index (χ0v) is 9.26. The number of fused-ring (bicyclic) bond motifs is 1. The smallest absolute Gasteiger partial charge is 0.0334 e. The fourth-order valence-corrected chi connectivity index (χ4v) is 3.72. The molecule has 3 rings (SSSR count). The van der Waals surface area contributed by atoms with E-state index in [4.69, 9.17) is 0 Å². The molecule has 0 aromatic carbocycles. The van der Waals surface area contributed by atoms with Crippen LogP contribution >= 0.6 is 0 Å². The average Bonchev–Trinajstić information content (AvgIpc) is 2.16. The van der Waals surface area contributed by atoms with Gasteiger partial charge in [-0.25, -0.2) is 0 Å². The molecule has 0 radical (unpaired) electrons. The zero-order valence-electron chi connectivity index (χ0n) is 9.26. The van der Waals surface area contributed by atoms with Crippen LogP contribution in [0.15, 0.2) is 0 Å². The van der Waals surface area contributed by atoms with E-state index in [9.17, 15) is 0 Å². The number of piperazine rings is 1. The fraction of sp³-hybridized carbons (Fsp3) is 1.00. The molecule has 1 spiro atoms. The van der Waals surface area contributed by atoms with Gasteiger partial charge in [-0.2, -0.15) is 0 Å². The van der Waals surface area contributed by atoms with Gasteiger partial charge in [0.1, 0.15) is 0 Å². The lowest BCUT2D eigenvalue weighted by molar-refractivity contribution is -0.0518. The molecule has 1 saturated heterocycles. The van der Waals surface area contributed by atoms with Crippen molar-refractivity contribution in [1.82, 2.24) is 10.2 Å². The maximum Gasteiger partial charge on any atom is 0.0334 e. The van der Waals surface area contributed by atoms with Crippen molar-refractivity contribution in [3.8, 4) is 0 Å². The van der Waals surface area contributed by atoms with Crippen molar-refractivity contribution in [2.75, 3.05) is 13.6 Å². The minimum atomic E-state index is 0.568. The molecule has 0 aromatic heterocycles. The first kappa shape index (κ1) is 9.17. The molecule has 3 aliphatic rings. The molecule has 2 aliphatic carbocycles. The number of rotatable bonds is 0. The number of hydrogen-bond donors (Lipinski definition) is 1. The summed E-state index contributed by atoms with van der Waals surface area (Å²) in [5, 5.41) is 3.80. The van der Waals surface area contributed by atoms with Crippen molar-refractivity contribution in [2.24, 2.45) is 0 Å². The molecule has 2 nitrogen and oxygen atoms in total. The van der Waals surface area contributed by atoms with Crippen LogP contribution in [0.3, 0.4) is 0 Å². The maximum absolute atomic E-state index is 3.80. The minimum Gasteiger partial charge on any atom is -0.311 e. The third-order valence-electron chi connectivity index (χ3n) is 4.95. The van der Waals surface area contributed by atoms with E-state index in [-0.39, 0.29) is 0 Å². The van der Waals surface area contributed by atoms with E-state index < -0.39 is 0 Å². The molecule has 0 bridgehead atoms. The van der Waals surface area contributed by atoms with E-state index in [0.717, 1.165) is 12.1 Å². The van der Waals surface area contributed by atoms with Crippen LogP contribution in [-0.4, -0.2) is 36.1 Å². The Morgan fingerprint density at radius 2 is 1.93 bits per heavy atom. The molecule has 3 fully saturated rings. The summed E-state index contributed by atoms with van der Waals surface area (Å²) in [6, 6.07) is 1.65. The Bertz CT molecular complexity index is 222. The van der Waals surface area contributed by atoms with E-state index in [2.05, 4.69) is 17.3 Å². The monoisotopic (exact) mass is 194 g/mol. The fourth-order valence-electron chi connectivity index (χ4n) is 3.72. The van der Waals surface area contributed by atoms with Crippen molar-refractivity contribution >= 4 is 0 Å². The summed E-state index contributed by atoms with van der Waals surface area (Å²) in [7, 11) is 2.38. The van der Waals surface area contributed by atoms with Gasteiger partial charge < -0.3 is 5.32 Å². The van der Waals surface area contributed by atoms with E-state index in [1.807, 2.05) is 0 Å². The van der Waals surface area contributed by atoms with Gasteiger partial charge in [0.2, 0.25) is 0 Å². The molecule has 1 unspecified atom stereocenters. The number of hydrogen-bond acceptors (Lipinski definition) is 2. The first-order valence-electron chi connectivity index (χ1n) is 6.28. The highest BCUT2D eigenvalue weighted by atomic mass is 15.3. The van der Waals surface area contributed by atoms with Gasteiger partial charge in [-0.05, 0) is 39.2 Å². The van der Waals surface area contributed by atoms with E-state index in [1.165, 1.54) is 51.5 Å². The summed E-state index contributed by atoms with van der Waals surface area (Å²) in [5.74, 6) is 0. The lowest BCUT2D eigenvalue weighted by Gasteiger charge is -2.58. The molecular formula is C12H22N2. The van der Waals surface area contributed by atoms with Gasteiger partial charge in [0.25, 0.3) is 0 Å². The van der Waals surface area contributed by atoms with E-state index in [1.54, 1.807) is 0 Å². The summed E-state index contributed by atoms with van der Waals surface area (Å²) in [5.41, 5.74) is 0.568. The van der Waals surface area contributed by atoms with E-state index in [0.29, 0.717) is 5.54 Å². The molecule has 0 amide bonds. The predicted molar refractivity (Wildman–Crippen MR) is 58.4 cm³/mol. The van der Waals surface area contributed by atoms with Crippen LogP contribution in [0.5, 0.6) is 0 Å². The second kappa shape index (κ2) is 3.21. The predicted octanol–water partition coefficient (Wildman–Crippen LogP) is 1.76. The van der Waals surface area contributed by atoms with Crippen LogP contribution in [0.4, 0.5) is 0 Å². The molecule has 14 heavy (non-hydrogen) atoms. The van der Waals surface area contributed by atoms with Gasteiger partial charge in [0.05, 0.1) is 0 Å². The van der Waals surface area contributed by atoms with Gasteiger partial charge >= 0.3 is 0 Å². The summed E-state index contributed by atoms with van der Waals surface area (Å²) in [4.78, 5) is 2.73. The van der Waals surface area contributed by atoms with Gasteiger partial charge in [-0.3, -0.25) is 4.90 Å². The van der Waals surface area contributed by atoms with Gasteiger partial charge in [0, 0.05) is 24.2 Å². The van der Waals surface area contributed by atoms with Crippen molar-refractivity contribution in [3.63, 3.8) is 0 Å². The summed E-state index contributed by atoms with van der Waals surface area (Å²) in [6.45, 7) is 1.25.